The van der Waals surface area contributed by atoms with E-state index in [0.717, 1.165) is 28.2 Å². The molecule has 0 saturated heterocycles. The monoisotopic (exact) mass is 420 g/mol. The van der Waals surface area contributed by atoms with Crippen LogP contribution in [0.5, 0.6) is 0 Å². The molecule has 0 aliphatic carbocycles. The molecule has 2 amide bonds. The molecule has 0 aromatic heterocycles. The summed E-state index contributed by atoms with van der Waals surface area (Å²) in [6.07, 6.45) is 3.52. The minimum atomic E-state index is -0.757. The van der Waals surface area contributed by atoms with Crippen molar-refractivity contribution in [2.24, 2.45) is 0 Å². The molecular weight excluding hydrogens is 404 g/mol. The molecule has 1 aromatic carbocycles. The van der Waals surface area contributed by atoms with Crippen LogP contribution in [0.25, 0.3) is 0 Å². The molecule has 0 unspecified atom stereocenters. The lowest BCUT2D eigenvalue weighted by molar-refractivity contribution is -0.137. The molecule has 7 heteroatoms. The largest absolute Gasteiger partial charge is 0.481 e. The number of amides is 2. The summed E-state index contributed by atoms with van der Waals surface area (Å²) in [5.74, 6) is -0.757. The fourth-order valence-electron chi connectivity index (χ4n) is 1.71. The number of carbonyl (C=O) groups excluding carboxylic acids is 1. The van der Waals surface area contributed by atoms with Crippen molar-refractivity contribution in [3.8, 4) is 0 Å². The Morgan fingerprint density at radius 1 is 1.10 bits per heavy atom. The fraction of sp³-hybridized carbons (Fsp3) is 0.429. The van der Waals surface area contributed by atoms with E-state index in [9.17, 15) is 9.59 Å². The lowest BCUT2D eigenvalue weighted by Crippen LogP contribution is -2.29. The first-order valence-electron chi connectivity index (χ1n) is 6.70. The second-order valence-corrected chi connectivity index (χ2v) is 6.33. The van der Waals surface area contributed by atoms with Crippen molar-refractivity contribution in [1.82, 2.24) is 5.32 Å². The molecule has 3 N–H and O–H groups in total. The van der Waals surface area contributed by atoms with Gasteiger partial charge in [-0.05, 0) is 47.0 Å². The van der Waals surface area contributed by atoms with E-state index in [1.807, 2.05) is 12.1 Å². The van der Waals surface area contributed by atoms with Gasteiger partial charge in [-0.1, -0.05) is 28.8 Å². The number of hydrogen-bond acceptors (Lipinski definition) is 2. The van der Waals surface area contributed by atoms with Crippen LogP contribution in [0.3, 0.4) is 0 Å². The third-order valence-electron chi connectivity index (χ3n) is 2.78. The van der Waals surface area contributed by atoms with Gasteiger partial charge in [-0.15, -0.1) is 0 Å². The summed E-state index contributed by atoms with van der Waals surface area (Å²) in [5, 5.41) is 14.0. The van der Waals surface area contributed by atoms with Crippen molar-refractivity contribution in [2.45, 2.75) is 32.1 Å². The molecule has 1 aromatic rings. The number of rotatable bonds is 8. The number of hydrogen-bond donors (Lipinski definition) is 3. The molecular formula is C14H18Br2N2O3. The summed E-state index contributed by atoms with van der Waals surface area (Å²) in [5.41, 5.74) is 0.706. The van der Waals surface area contributed by atoms with Gasteiger partial charge in [0, 0.05) is 21.9 Å². The van der Waals surface area contributed by atoms with Crippen LogP contribution in [0.15, 0.2) is 27.1 Å². The zero-order valence-electron chi connectivity index (χ0n) is 11.5. The lowest BCUT2D eigenvalue weighted by Gasteiger charge is -2.09. The van der Waals surface area contributed by atoms with Gasteiger partial charge in [-0.2, -0.15) is 0 Å². The fourth-order valence-corrected chi connectivity index (χ4v) is 2.86. The van der Waals surface area contributed by atoms with Crippen molar-refractivity contribution in [2.75, 3.05) is 11.9 Å². The molecule has 5 nitrogen and oxygen atoms in total. The van der Waals surface area contributed by atoms with Crippen molar-refractivity contribution >= 4 is 49.5 Å². The summed E-state index contributed by atoms with van der Waals surface area (Å²) in [4.78, 5) is 22.0. The van der Waals surface area contributed by atoms with E-state index in [2.05, 4.69) is 42.5 Å². The Morgan fingerprint density at radius 2 is 1.81 bits per heavy atom. The average molecular weight is 422 g/mol. The van der Waals surface area contributed by atoms with E-state index in [1.54, 1.807) is 6.07 Å². The van der Waals surface area contributed by atoms with E-state index < -0.39 is 5.97 Å². The number of carbonyl (C=O) groups is 2. The van der Waals surface area contributed by atoms with Crippen molar-refractivity contribution < 1.29 is 14.7 Å². The first kappa shape index (κ1) is 18.0. The molecule has 0 radical (unpaired) electrons. The van der Waals surface area contributed by atoms with Crippen LogP contribution >= 0.6 is 31.9 Å². The van der Waals surface area contributed by atoms with Gasteiger partial charge in [-0.3, -0.25) is 4.79 Å². The molecule has 0 atom stereocenters. The predicted octanol–water partition coefficient (Wildman–Crippen LogP) is 4.37. The van der Waals surface area contributed by atoms with Crippen molar-refractivity contribution in [1.29, 1.82) is 0 Å². The molecule has 0 bridgehead atoms. The van der Waals surface area contributed by atoms with Gasteiger partial charge in [0.05, 0.1) is 5.69 Å². The SMILES string of the molecule is O=C(O)CCCCCCNC(=O)Nc1ccc(Br)cc1Br. The minimum absolute atomic E-state index is 0.214. The Balaban J connectivity index is 2.15. The summed E-state index contributed by atoms with van der Waals surface area (Å²) >= 11 is 6.73. The molecule has 0 spiro atoms. The van der Waals surface area contributed by atoms with E-state index in [1.165, 1.54) is 0 Å². The smallest absolute Gasteiger partial charge is 0.319 e. The highest BCUT2D eigenvalue weighted by Gasteiger charge is 2.05. The molecule has 0 aliphatic rings. The van der Waals surface area contributed by atoms with Gasteiger partial charge in [0.2, 0.25) is 0 Å². The van der Waals surface area contributed by atoms with Crippen LogP contribution in [-0.4, -0.2) is 23.7 Å². The molecule has 0 heterocycles. The van der Waals surface area contributed by atoms with Crippen molar-refractivity contribution in [3.05, 3.63) is 27.1 Å². The van der Waals surface area contributed by atoms with Gasteiger partial charge >= 0.3 is 12.0 Å². The van der Waals surface area contributed by atoms with E-state index in [0.29, 0.717) is 18.7 Å². The number of anilines is 1. The third-order valence-corrected chi connectivity index (χ3v) is 3.93. The van der Waals surface area contributed by atoms with E-state index >= 15 is 0 Å². The lowest BCUT2D eigenvalue weighted by atomic mass is 10.1. The Morgan fingerprint density at radius 3 is 2.48 bits per heavy atom. The third kappa shape index (κ3) is 8.06. The summed E-state index contributed by atoms with van der Waals surface area (Å²) in [6, 6.07) is 5.27. The van der Waals surface area contributed by atoms with Crippen LogP contribution < -0.4 is 10.6 Å². The number of aliphatic carboxylic acids is 1. The van der Waals surface area contributed by atoms with Crippen LogP contribution in [-0.2, 0) is 4.79 Å². The highest BCUT2D eigenvalue weighted by molar-refractivity contribution is 9.11. The highest BCUT2D eigenvalue weighted by Crippen LogP contribution is 2.25. The molecule has 1 rings (SSSR count). The zero-order chi connectivity index (χ0) is 15.7. The Hall–Kier alpha value is -1.08. The first-order chi connectivity index (χ1) is 9.99. The summed E-state index contributed by atoms with van der Waals surface area (Å²) in [6.45, 7) is 0.576. The van der Waals surface area contributed by atoms with Crippen LogP contribution in [0.2, 0.25) is 0 Å². The van der Waals surface area contributed by atoms with Gasteiger partial charge in [0.1, 0.15) is 0 Å². The van der Waals surface area contributed by atoms with Crippen LogP contribution in [0.4, 0.5) is 10.5 Å². The highest BCUT2D eigenvalue weighted by atomic mass is 79.9. The Kier molecular flexibility index (Phi) is 8.37. The number of benzene rings is 1. The molecule has 0 aliphatic heterocycles. The van der Waals surface area contributed by atoms with E-state index in [4.69, 9.17) is 5.11 Å². The molecule has 116 valence electrons. The maximum absolute atomic E-state index is 11.7. The maximum Gasteiger partial charge on any atom is 0.319 e. The van der Waals surface area contributed by atoms with Gasteiger partial charge in [0.25, 0.3) is 0 Å². The summed E-state index contributed by atoms with van der Waals surface area (Å²) in [7, 11) is 0. The summed E-state index contributed by atoms with van der Waals surface area (Å²) < 4.78 is 1.74. The first-order valence-corrected chi connectivity index (χ1v) is 8.29. The average Bonchev–Trinajstić information content (AvgIpc) is 2.40. The second kappa shape index (κ2) is 9.78. The quantitative estimate of drug-likeness (QED) is 0.545. The standard InChI is InChI=1S/C14H18Br2N2O3/c15-10-6-7-12(11(16)9-10)18-14(21)17-8-4-2-1-3-5-13(19)20/h6-7,9H,1-5,8H2,(H,19,20)(H2,17,18,21). The number of carboxylic acids is 1. The number of halogens is 2. The number of nitrogens with one attached hydrogen (secondary N) is 2. The normalized spacial score (nSPS) is 10.2. The van der Waals surface area contributed by atoms with E-state index in [-0.39, 0.29) is 12.5 Å². The van der Waals surface area contributed by atoms with Crippen molar-refractivity contribution in [3.63, 3.8) is 0 Å². The second-order valence-electron chi connectivity index (χ2n) is 4.56. The molecule has 21 heavy (non-hydrogen) atoms. The zero-order valence-corrected chi connectivity index (χ0v) is 14.7. The van der Waals surface area contributed by atoms with Gasteiger partial charge < -0.3 is 15.7 Å². The number of urea groups is 1. The van der Waals surface area contributed by atoms with Crippen LogP contribution in [0.1, 0.15) is 32.1 Å². The predicted molar refractivity (Wildman–Crippen MR) is 89.6 cm³/mol. The minimum Gasteiger partial charge on any atom is -0.481 e. The number of unbranched alkanes of at least 4 members (excludes halogenated alkanes) is 3. The molecule has 0 fully saturated rings. The molecule has 0 saturated carbocycles. The Labute approximate surface area is 140 Å². The van der Waals surface area contributed by atoms with Crippen LogP contribution in [0, 0.1) is 0 Å². The van der Waals surface area contributed by atoms with Gasteiger partial charge in [0.15, 0.2) is 0 Å². The van der Waals surface area contributed by atoms with Gasteiger partial charge in [-0.25, -0.2) is 4.79 Å². The maximum atomic E-state index is 11.7. The topological polar surface area (TPSA) is 78.4 Å². The Bertz CT molecular complexity index is 495. The number of carboxylic acid groups (broad SMARTS) is 1.